The van der Waals surface area contributed by atoms with Gasteiger partial charge in [0.05, 0.1) is 13.2 Å². The smallest absolute Gasteiger partial charge is 0.276 e. The van der Waals surface area contributed by atoms with Crippen molar-refractivity contribution >= 4 is 5.91 Å². The van der Waals surface area contributed by atoms with Crippen LogP contribution in [-0.2, 0) is 9.47 Å². The zero-order valence-corrected chi connectivity index (χ0v) is 14.9. The van der Waals surface area contributed by atoms with Gasteiger partial charge in [-0.25, -0.2) is 4.98 Å². The summed E-state index contributed by atoms with van der Waals surface area (Å²) in [5.74, 6) is 1.08. The minimum Gasteiger partial charge on any atom is -0.445 e. The first-order valence-electron chi connectivity index (χ1n) is 9.44. The number of nitrogens with zero attached hydrogens (tertiary/aromatic N) is 3. The predicted molar refractivity (Wildman–Crippen MR) is 90.3 cm³/mol. The number of hydrogen-bond acceptors (Lipinski definition) is 6. The van der Waals surface area contributed by atoms with Gasteiger partial charge in [0.25, 0.3) is 5.91 Å². The summed E-state index contributed by atoms with van der Waals surface area (Å²) in [6, 6.07) is 0.413. The molecule has 1 aromatic rings. The number of likely N-dealkylation sites (tertiary alicyclic amines) is 1. The van der Waals surface area contributed by atoms with Gasteiger partial charge in [0.1, 0.15) is 6.10 Å². The minimum atomic E-state index is -0.124. The van der Waals surface area contributed by atoms with Crippen LogP contribution in [0.3, 0.4) is 0 Å². The summed E-state index contributed by atoms with van der Waals surface area (Å²) in [7, 11) is 0. The molecule has 7 heteroatoms. The first-order valence-corrected chi connectivity index (χ1v) is 9.44. The lowest BCUT2D eigenvalue weighted by atomic mass is 9.99. The molecular weight excluding hydrogens is 322 g/mol. The molecule has 7 nitrogen and oxygen atoms in total. The Balaban J connectivity index is 1.48. The van der Waals surface area contributed by atoms with Crippen LogP contribution in [0.25, 0.3) is 0 Å². The zero-order valence-electron chi connectivity index (χ0n) is 14.9. The van der Waals surface area contributed by atoms with E-state index in [1.54, 1.807) is 0 Å². The quantitative estimate of drug-likeness (QED) is 0.824. The van der Waals surface area contributed by atoms with Crippen LogP contribution >= 0.6 is 0 Å². The molecular formula is C18H27N3O4. The lowest BCUT2D eigenvalue weighted by molar-refractivity contribution is 0.0102. The summed E-state index contributed by atoms with van der Waals surface area (Å²) in [6.07, 6.45) is 4.21. The fourth-order valence-corrected chi connectivity index (χ4v) is 4.32. The third kappa shape index (κ3) is 3.32. The van der Waals surface area contributed by atoms with Crippen molar-refractivity contribution in [3.63, 3.8) is 0 Å². The van der Waals surface area contributed by atoms with Gasteiger partial charge in [0.15, 0.2) is 17.8 Å². The maximum absolute atomic E-state index is 13.1. The lowest BCUT2D eigenvalue weighted by Gasteiger charge is -2.34. The fourth-order valence-electron chi connectivity index (χ4n) is 4.32. The van der Waals surface area contributed by atoms with Gasteiger partial charge in [-0.2, -0.15) is 0 Å². The van der Waals surface area contributed by atoms with Crippen molar-refractivity contribution in [3.8, 4) is 0 Å². The van der Waals surface area contributed by atoms with E-state index in [0.717, 1.165) is 65.3 Å². The van der Waals surface area contributed by atoms with Crippen LogP contribution in [0.1, 0.15) is 48.5 Å². The van der Waals surface area contributed by atoms with Gasteiger partial charge in [-0.1, -0.05) is 13.3 Å². The van der Waals surface area contributed by atoms with Gasteiger partial charge in [-0.15, -0.1) is 0 Å². The third-order valence-electron chi connectivity index (χ3n) is 5.75. The van der Waals surface area contributed by atoms with E-state index < -0.39 is 0 Å². The van der Waals surface area contributed by atoms with Crippen molar-refractivity contribution in [3.05, 3.63) is 17.8 Å². The molecule has 0 bridgehead atoms. The van der Waals surface area contributed by atoms with Crippen molar-refractivity contribution in [1.82, 2.24) is 14.8 Å². The Hall–Kier alpha value is -1.44. The Morgan fingerprint density at radius 2 is 2.12 bits per heavy atom. The number of amides is 1. The Labute approximate surface area is 148 Å². The summed E-state index contributed by atoms with van der Waals surface area (Å²) in [5, 5.41) is 0. The summed E-state index contributed by atoms with van der Waals surface area (Å²) in [6.45, 7) is 7.95. The predicted octanol–water partition coefficient (Wildman–Crippen LogP) is 1.71. The summed E-state index contributed by atoms with van der Waals surface area (Å²) < 4.78 is 16.7. The van der Waals surface area contributed by atoms with E-state index in [1.807, 2.05) is 4.90 Å². The van der Waals surface area contributed by atoms with Gasteiger partial charge in [0, 0.05) is 38.8 Å². The topological polar surface area (TPSA) is 68.0 Å². The van der Waals surface area contributed by atoms with Gasteiger partial charge in [0.2, 0.25) is 0 Å². The van der Waals surface area contributed by atoms with Gasteiger partial charge in [-0.05, 0) is 18.8 Å². The Kier molecular flexibility index (Phi) is 5.05. The maximum Gasteiger partial charge on any atom is 0.276 e. The zero-order chi connectivity index (χ0) is 17.2. The SMILES string of the molecule is CC[C@@H]1CN(C(=O)c2ncoc2[C@H]2CCCO2)C[C@H]1N1CCOCC1. The van der Waals surface area contributed by atoms with Crippen LogP contribution in [0.2, 0.25) is 0 Å². The molecule has 1 amide bonds. The summed E-state index contributed by atoms with van der Waals surface area (Å²) in [4.78, 5) is 21.7. The molecule has 3 aliphatic heterocycles. The number of morpholine rings is 1. The van der Waals surface area contributed by atoms with Crippen LogP contribution in [0.4, 0.5) is 0 Å². The highest BCUT2D eigenvalue weighted by atomic mass is 16.5. The highest BCUT2D eigenvalue weighted by Gasteiger charge is 2.40. The van der Waals surface area contributed by atoms with E-state index in [4.69, 9.17) is 13.9 Å². The molecule has 4 heterocycles. The second-order valence-electron chi connectivity index (χ2n) is 7.16. The van der Waals surface area contributed by atoms with E-state index in [1.165, 1.54) is 6.39 Å². The van der Waals surface area contributed by atoms with Crippen molar-refractivity contribution in [2.45, 2.75) is 38.3 Å². The fraction of sp³-hybridized carbons (Fsp3) is 0.778. The van der Waals surface area contributed by atoms with Gasteiger partial charge < -0.3 is 18.8 Å². The van der Waals surface area contributed by atoms with E-state index in [2.05, 4.69) is 16.8 Å². The molecule has 0 saturated carbocycles. The number of hydrogen-bond donors (Lipinski definition) is 0. The molecule has 3 fully saturated rings. The van der Waals surface area contributed by atoms with Crippen LogP contribution < -0.4 is 0 Å². The highest BCUT2D eigenvalue weighted by Crippen LogP contribution is 2.32. The number of ether oxygens (including phenoxy) is 2. The van der Waals surface area contributed by atoms with Crippen LogP contribution in [0.15, 0.2) is 10.8 Å². The number of oxazole rings is 1. The molecule has 3 saturated heterocycles. The van der Waals surface area contributed by atoms with Gasteiger partial charge >= 0.3 is 0 Å². The minimum absolute atomic E-state index is 0.0199. The van der Waals surface area contributed by atoms with E-state index in [9.17, 15) is 4.79 Å². The monoisotopic (exact) mass is 349 g/mol. The summed E-state index contributed by atoms with van der Waals surface area (Å²) in [5.41, 5.74) is 0.435. The molecule has 0 spiro atoms. The van der Waals surface area contributed by atoms with Crippen molar-refractivity contribution in [2.24, 2.45) is 5.92 Å². The summed E-state index contributed by atoms with van der Waals surface area (Å²) >= 11 is 0. The third-order valence-corrected chi connectivity index (χ3v) is 5.75. The molecule has 0 radical (unpaired) electrons. The van der Waals surface area contributed by atoms with E-state index in [0.29, 0.717) is 23.4 Å². The number of aromatic nitrogens is 1. The van der Waals surface area contributed by atoms with Gasteiger partial charge in [-0.3, -0.25) is 9.69 Å². The lowest BCUT2D eigenvalue weighted by Crippen LogP contribution is -2.47. The standard InChI is InChI=1S/C18H27N3O4/c1-2-13-10-21(11-14(13)20-5-8-23-9-6-20)18(22)16-17(25-12-19-16)15-4-3-7-24-15/h12-15H,2-11H2,1H3/t13-,14-,15-/m1/s1. The Morgan fingerprint density at radius 1 is 1.28 bits per heavy atom. The highest BCUT2D eigenvalue weighted by molar-refractivity contribution is 5.93. The molecule has 4 rings (SSSR count). The molecule has 0 unspecified atom stereocenters. The normalized spacial score (nSPS) is 30.9. The number of carbonyl (C=O) groups is 1. The second kappa shape index (κ2) is 7.43. The number of carbonyl (C=O) groups excluding carboxylic acids is 1. The van der Waals surface area contributed by atoms with Crippen LogP contribution in [0.5, 0.6) is 0 Å². The molecule has 0 N–H and O–H groups in total. The maximum atomic E-state index is 13.1. The number of rotatable bonds is 4. The Bertz CT molecular complexity index is 593. The molecule has 138 valence electrons. The first-order chi connectivity index (χ1) is 12.3. The average molecular weight is 349 g/mol. The molecule has 3 aliphatic rings. The first kappa shape index (κ1) is 17.0. The molecule has 0 aromatic carbocycles. The van der Waals surface area contributed by atoms with Crippen molar-refractivity contribution in [1.29, 1.82) is 0 Å². The molecule has 1 aromatic heterocycles. The van der Waals surface area contributed by atoms with Crippen LogP contribution in [0, 0.1) is 5.92 Å². The van der Waals surface area contributed by atoms with Crippen LogP contribution in [-0.4, -0.2) is 72.7 Å². The van der Waals surface area contributed by atoms with Crippen molar-refractivity contribution in [2.75, 3.05) is 46.0 Å². The largest absolute Gasteiger partial charge is 0.445 e. The molecule has 0 aliphatic carbocycles. The molecule has 25 heavy (non-hydrogen) atoms. The van der Waals surface area contributed by atoms with E-state index in [-0.39, 0.29) is 12.0 Å². The second-order valence-corrected chi connectivity index (χ2v) is 7.16. The average Bonchev–Trinajstić information content (AvgIpc) is 3.41. The Morgan fingerprint density at radius 3 is 2.84 bits per heavy atom. The molecule has 3 atom stereocenters. The van der Waals surface area contributed by atoms with E-state index >= 15 is 0 Å². The van der Waals surface area contributed by atoms with Crippen molar-refractivity contribution < 1.29 is 18.7 Å².